The van der Waals surface area contributed by atoms with Crippen LogP contribution in [0.5, 0.6) is 0 Å². The van der Waals surface area contributed by atoms with Crippen molar-refractivity contribution in [2.45, 2.75) is 46.7 Å². The van der Waals surface area contributed by atoms with Crippen LogP contribution in [0.1, 0.15) is 35.3 Å². The minimum Gasteiger partial charge on any atom is -0.361 e. The lowest BCUT2D eigenvalue weighted by atomic mass is 10.2. The molecule has 0 saturated carbocycles. The summed E-state index contributed by atoms with van der Waals surface area (Å²) in [4.78, 5) is 13.9. The zero-order chi connectivity index (χ0) is 16.3. The maximum Gasteiger partial charge on any atom is 0.317 e. The topological polar surface area (TPSA) is 87.1 Å². The molecule has 0 aliphatic rings. The summed E-state index contributed by atoms with van der Waals surface area (Å²) in [5, 5.41) is 14.0. The second kappa shape index (κ2) is 6.64. The third-order valence-corrected chi connectivity index (χ3v) is 3.57. The molecule has 120 valence electrons. The monoisotopic (exact) mass is 305 g/mol. The van der Waals surface area contributed by atoms with Gasteiger partial charge in [0, 0.05) is 30.8 Å². The second-order valence-corrected chi connectivity index (χ2v) is 5.76. The Morgan fingerprint density at radius 1 is 1.45 bits per heavy atom. The van der Waals surface area contributed by atoms with Crippen LogP contribution in [-0.2, 0) is 13.0 Å². The number of hydrogen-bond donors (Lipinski definition) is 2. The van der Waals surface area contributed by atoms with E-state index in [1.165, 1.54) is 0 Å². The molecule has 0 saturated heterocycles. The third kappa shape index (κ3) is 3.87. The second-order valence-electron chi connectivity index (χ2n) is 5.76. The van der Waals surface area contributed by atoms with Crippen molar-refractivity contribution in [2.24, 2.45) is 0 Å². The van der Waals surface area contributed by atoms with E-state index in [1.807, 2.05) is 33.8 Å². The molecule has 7 heteroatoms. The Morgan fingerprint density at radius 3 is 2.73 bits per heavy atom. The van der Waals surface area contributed by atoms with Crippen LogP contribution >= 0.6 is 0 Å². The van der Waals surface area contributed by atoms with Crippen LogP contribution in [0, 0.1) is 20.8 Å². The van der Waals surface area contributed by atoms with E-state index in [2.05, 4.69) is 20.7 Å². The lowest BCUT2D eigenvalue weighted by Gasteiger charge is -2.21. The van der Waals surface area contributed by atoms with Gasteiger partial charge in [-0.15, -0.1) is 0 Å². The van der Waals surface area contributed by atoms with Crippen molar-refractivity contribution in [3.63, 3.8) is 0 Å². The maximum absolute atomic E-state index is 12.2. The number of rotatable bonds is 5. The van der Waals surface area contributed by atoms with Crippen LogP contribution in [0.3, 0.4) is 0 Å². The van der Waals surface area contributed by atoms with Crippen molar-refractivity contribution in [1.29, 1.82) is 0 Å². The Morgan fingerprint density at radius 2 is 2.18 bits per heavy atom. The SMILES string of the molecule is Cc1cc(C[C@@H](C)NC(=O)N(C)Cc2c(C)noc2C)n[nH]1. The number of nitrogens with one attached hydrogen (secondary N) is 2. The van der Waals surface area contributed by atoms with Gasteiger partial charge >= 0.3 is 6.03 Å². The van der Waals surface area contributed by atoms with Crippen LogP contribution < -0.4 is 5.32 Å². The molecule has 0 radical (unpaired) electrons. The first kappa shape index (κ1) is 16.1. The summed E-state index contributed by atoms with van der Waals surface area (Å²) in [6.07, 6.45) is 0.690. The van der Waals surface area contributed by atoms with Gasteiger partial charge in [0.15, 0.2) is 0 Å². The smallest absolute Gasteiger partial charge is 0.317 e. The third-order valence-electron chi connectivity index (χ3n) is 3.57. The van der Waals surface area contributed by atoms with E-state index in [-0.39, 0.29) is 12.1 Å². The summed E-state index contributed by atoms with van der Waals surface area (Å²) in [5.41, 5.74) is 3.73. The summed E-state index contributed by atoms with van der Waals surface area (Å²) in [7, 11) is 1.76. The van der Waals surface area contributed by atoms with E-state index in [4.69, 9.17) is 4.52 Å². The zero-order valence-corrected chi connectivity index (χ0v) is 13.7. The zero-order valence-electron chi connectivity index (χ0n) is 13.7. The highest BCUT2D eigenvalue weighted by Crippen LogP contribution is 2.14. The number of carbonyl (C=O) groups is 1. The van der Waals surface area contributed by atoms with Gasteiger partial charge in [0.1, 0.15) is 5.76 Å². The Balaban J connectivity index is 1.88. The predicted molar refractivity (Wildman–Crippen MR) is 82.5 cm³/mol. The van der Waals surface area contributed by atoms with E-state index in [1.54, 1.807) is 11.9 Å². The Bertz CT molecular complexity index is 627. The molecule has 7 nitrogen and oxygen atoms in total. The summed E-state index contributed by atoms with van der Waals surface area (Å²) in [6, 6.07) is 1.86. The summed E-state index contributed by atoms with van der Waals surface area (Å²) >= 11 is 0. The normalized spacial score (nSPS) is 12.2. The molecule has 0 aliphatic heterocycles. The fourth-order valence-corrected chi connectivity index (χ4v) is 2.30. The highest BCUT2D eigenvalue weighted by Gasteiger charge is 2.17. The van der Waals surface area contributed by atoms with Crippen molar-refractivity contribution < 1.29 is 9.32 Å². The van der Waals surface area contributed by atoms with Crippen LogP contribution in [0.25, 0.3) is 0 Å². The minimum absolute atomic E-state index is 0.00215. The molecule has 0 spiro atoms. The molecule has 0 aliphatic carbocycles. The molecule has 2 aromatic heterocycles. The van der Waals surface area contributed by atoms with Crippen molar-refractivity contribution in [3.05, 3.63) is 34.5 Å². The number of H-pyrrole nitrogens is 1. The quantitative estimate of drug-likeness (QED) is 0.885. The molecule has 0 bridgehead atoms. The molecular formula is C15H23N5O2. The van der Waals surface area contributed by atoms with E-state index in [0.717, 1.165) is 28.4 Å². The van der Waals surface area contributed by atoms with E-state index < -0.39 is 0 Å². The standard InChI is InChI=1S/C15H23N5O2/c1-9(6-13-7-10(2)17-18-13)16-15(21)20(5)8-14-11(3)19-22-12(14)4/h7,9H,6,8H2,1-5H3,(H,16,21)(H,17,18)/t9-/m1/s1. The van der Waals surface area contributed by atoms with Gasteiger partial charge in [-0.2, -0.15) is 5.10 Å². The summed E-state index contributed by atoms with van der Waals surface area (Å²) in [5.74, 6) is 0.747. The number of aromatic amines is 1. The molecule has 2 heterocycles. The Hall–Kier alpha value is -2.31. The molecule has 0 fully saturated rings. The van der Waals surface area contributed by atoms with Gasteiger partial charge in [-0.25, -0.2) is 4.79 Å². The van der Waals surface area contributed by atoms with Gasteiger partial charge < -0.3 is 14.7 Å². The van der Waals surface area contributed by atoms with Crippen molar-refractivity contribution in [3.8, 4) is 0 Å². The number of nitrogens with zero attached hydrogens (tertiary/aromatic N) is 3. The Labute approximate surface area is 130 Å². The molecule has 2 N–H and O–H groups in total. The highest BCUT2D eigenvalue weighted by molar-refractivity contribution is 5.74. The number of carbonyl (C=O) groups excluding carboxylic acids is 1. The number of aryl methyl sites for hydroxylation is 3. The number of hydrogen-bond acceptors (Lipinski definition) is 4. The fraction of sp³-hybridized carbons (Fsp3) is 0.533. The lowest BCUT2D eigenvalue weighted by molar-refractivity contribution is 0.203. The highest BCUT2D eigenvalue weighted by atomic mass is 16.5. The number of urea groups is 1. The van der Waals surface area contributed by atoms with Gasteiger partial charge in [0.05, 0.1) is 17.9 Å². The first-order valence-corrected chi connectivity index (χ1v) is 7.31. The molecule has 2 aromatic rings. The van der Waals surface area contributed by atoms with Gasteiger partial charge in [-0.3, -0.25) is 5.10 Å². The Kier molecular flexibility index (Phi) is 4.85. The molecule has 1 atom stereocenters. The fourth-order valence-electron chi connectivity index (χ4n) is 2.30. The number of aromatic nitrogens is 3. The van der Waals surface area contributed by atoms with E-state index >= 15 is 0 Å². The molecule has 2 amide bonds. The van der Waals surface area contributed by atoms with Crippen molar-refractivity contribution in [1.82, 2.24) is 25.6 Å². The largest absolute Gasteiger partial charge is 0.361 e. The van der Waals surface area contributed by atoms with E-state index in [0.29, 0.717) is 13.0 Å². The lowest BCUT2D eigenvalue weighted by Crippen LogP contribution is -2.42. The average Bonchev–Trinajstić information content (AvgIpc) is 2.98. The van der Waals surface area contributed by atoms with Crippen molar-refractivity contribution in [2.75, 3.05) is 7.05 Å². The predicted octanol–water partition coefficient (Wildman–Crippen LogP) is 2.10. The van der Waals surface area contributed by atoms with Gasteiger partial charge in [0.2, 0.25) is 0 Å². The minimum atomic E-state index is -0.125. The molecular weight excluding hydrogens is 282 g/mol. The first-order chi connectivity index (χ1) is 10.4. The summed E-state index contributed by atoms with van der Waals surface area (Å²) < 4.78 is 5.12. The number of amides is 2. The molecule has 0 aromatic carbocycles. The maximum atomic E-state index is 12.2. The van der Waals surface area contributed by atoms with E-state index in [9.17, 15) is 4.79 Å². The van der Waals surface area contributed by atoms with Crippen LogP contribution in [0.15, 0.2) is 10.6 Å². The first-order valence-electron chi connectivity index (χ1n) is 7.31. The van der Waals surface area contributed by atoms with Crippen LogP contribution in [0.4, 0.5) is 4.79 Å². The van der Waals surface area contributed by atoms with Gasteiger partial charge in [0.25, 0.3) is 0 Å². The van der Waals surface area contributed by atoms with Gasteiger partial charge in [-0.05, 0) is 33.8 Å². The average molecular weight is 305 g/mol. The molecule has 2 rings (SSSR count). The van der Waals surface area contributed by atoms with Gasteiger partial charge in [-0.1, -0.05) is 5.16 Å². The molecule has 0 unspecified atom stereocenters. The van der Waals surface area contributed by atoms with Crippen LogP contribution in [0.2, 0.25) is 0 Å². The molecule has 22 heavy (non-hydrogen) atoms. The van der Waals surface area contributed by atoms with Crippen LogP contribution in [-0.4, -0.2) is 39.4 Å². The van der Waals surface area contributed by atoms with Crippen molar-refractivity contribution >= 4 is 6.03 Å². The summed E-state index contributed by atoms with van der Waals surface area (Å²) in [6.45, 7) is 8.12.